The van der Waals surface area contributed by atoms with E-state index >= 15 is 0 Å². The van der Waals surface area contributed by atoms with Crippen LogP contribution in [0.4, 0.5) is 0 Å². The molecule has 0 bridgehead atoms. The van der Waals surface area contributed by atoms with Gasteiger partial charge in [0.15, 0.2) is 0 Å². The Morgan fingerprint density at radius 2 is 1.88 bits per heavy atom. The third kappa shape index (κ3) is 4.21. The van der Waals surface area contributed by atoms with Gasteiger partial charge in [-0.2, -0.15) is 0 Å². The van der Waals surface area contributed by atoms with Crippen molar-refractivity contribution >= 4 is 21.0 Å². The second kappa shape index (κ2) is 5.76. The van der Waals surface area contributed by atoms with Crippen molar-refractivity contribution in [3.05, 3.63) is 35.4 Å². The van der Waals surface area contributed by atoms with E-state index in [4.69, 9.17) is 4.74 Å². The van der Waals surface area contributed by atoms with Crippen LogP contribution in [0.1, 0.15) is 18.1 Å². The second-order valence-electron chi connectivity index (χ2n) is 4.84. The number of hydrogen-bond donors (Lipinski definition) is 0. The van der Waals surface area contributed by atoms with Crippen LogP contribution in [0.15, 0.2) is 24.3 Å². The van der Waals surface area contributed by atoms with Gasteiger partial charge >= 0.3 is 0 Å². The minimum absolute atomic E-state index is 0.751. The van der Waals surface area contributed by atoms with Crippen molar-refractivity contribution in [2.45, 2.75) is 33.5 Å². The highest BCUT2D eigenvalue weighted by molar-refractivity contribution is 7.81. The van der Waals surface area contributed by atoms with Crippen molar-refractivity contribution in [1.29, 1.82) is 0 Å². The molecule has 1 aromatic carbocycles. The molecule has 0 aliphatic rings. The molecule has 0 heterocycles. The summed E-state index contributed by atoms with van der Waals surface area (Å²) in [5.74, 6) is 0. The quantitative estimate of drug-likeness (QED) is 0.573. The zero-order valence-corrected chi connectivity index (χ0v) is 12.8. The zero-order chi connectivity index (χ0) is 12.2. The molecular formula is C13H21OPSi. The van der Waals surface area contributed by atoms with E-state index in [-0.39, 0.29) is 0 Å². The van der Waals surface area contributed by atoms with Crippen molar-refractivity contribution in [2.75, 3.05) is 6.61 Å². The summed E-state index contributed by atoms with van der Waals surface area (Å²) in [4.78, 5) is 0. The lowest BCUT2D eigenvalue weighted by Gasteiger charge is -2.15. The Kier molecular flexibility index (Phi) is 4.91. The third-order valence-corrected chi connectivity index (χ3v) is 5.96. The van der Waals surface area contributed by atoms with Crippen LogP contribution in [0, 0.1) is 6.92 Å². The highest BCUT2D eigenvalue weighted by atomic mass is 31.3. The Bertz CT molecular complexity index is 380. The molecule has 1 aromatic rings. The van der Waals surface area contributed by atoms with Gasteiger partial charge in [-0.1, -0.05) is 51.7 Å². The first-order chi connectivity index (χ1) is 7.44. The third-order valence-electron chi connectivity index (χ3n) is 2.09. The van der Waals surface area contributed by atoms with E-state index in [0.29, 0.717) is 0 Å². The molecule has 3 heteroatoms. The first-order valence-corrected chi connectivity index (χ1v) is 11.0. The number of hydrogen-bond acceptors (Lipinski definition) is 1. The normalized spacial score (nSPS) is 12.9. The van der Waals surface area contributed by atoms with Gasteiger partial charge in [0.1, 0.15) is 7.74 Å². The second-order valence-corrected chi connectivity index (χ2v) is 14.5. The molecule has 0 atom stereocenters. The fraction of sp³-hybridized carbons (Fsp3) is 0.462. The van der Waals surface area contributed by atoms with Crippen LogP contribution in [0.25, 0.3) is 0 Å². The van der Waals surface area contributed by atoms with Gasteiger partial charge in [0.2, 0.25) is 0 Å². The lowest BCUT2D eigenvalue weighted by Crippen LogP contribution is -2.15. The molecule has 0 radical (unpaired) electrons. The van der Waals surface area contributed by atoms with Crippen molar-refractivity contribution in [3.8, 4) is 0 Å². The van der Waals surface area contributed by atoms with E-state index in [1.54, 1.807) is 0 Å². The molecule has 0 N–H and O–H groups in total. The summed E-state index contributed by atoms with van der Waals surface area (Å²) < 4.78 is 5.82. The van der Waals surface area contributed by atoms with Crippen LogP contribution in [-0.2, 0) is 4.74 Å². The lowest BCUT2D eigenvalue weighted by molar-refractivity contribution is 0.337. The predicted molar refractivity (Wildman–Crippen MR) is 77.2 cm³/mol. The van der Waals surface area contributed by atoms with Crippen molar-refractivity contribution in [2.24, 2.45) is 0 Å². The maximum Gasteiger partial charge on any atom is 0.105 e. The lowest BCUT2D eigenvalue weighted by atomic mass is 10.1. The van der Waals surface area contributed by atoms with E-state index in [2.05, 4.69) is 57.8 Å². The van der Waals surface area contributed by atoms with Gasteiger partial charge in [0.05, 0.1) is 12.1 Å². The van der Waals surface area contributed by atoms with Crippen molar-refractivity contribution < 1.29 is 4.74 Å². The molecule has 0 aromatic heterocycles. The Morgan fingerprint density at radius 1 is 1.25 bits per heavy atom. The molecule has 0 aliphatic heterocycles. The molecule has 0 fully saturated rings. The van der Waals surface area contributed by atoms with Gasteiger partial charge in [-0.05, 0) is 19.4 Å². The Morgan fingerprint density at radius 3 is 2.38 bits per heavy atom. The number of ether oxygens (including phenoxy) is 1. The molecule has 0 unspecified atom stereocenters. The number of rotatable bonds is 4. The fourth-order valence-electron chi connectivity index (χ4n) is 1.42. The molecule has 0 saturated heterocycles. The van der Waals surface area contributed by atoms with E-state index < -0.39 is 7.74 Å². The summed E-state index contributed by atoms with van der Waals surface area (Å²) in [6.07, 6.45) is 0. The predicted octanol–water partition coefficient (Wildman–Crippen LogP) is 4.29. The summed E-state index contributed by atoms with van der Waals surface area (Å²) in [5.41, 5.74) is 3.73. The average Bonchev–Trinajstić information content (AvgIpc) is 2.16. The van der Waals surface area contributed by atoms with Gasteiger partial charge in [-0.15, -0.1) is 0 Å². The van der Waals surface area contributed by atoms with Gasteiger partial charge in [0.25, 0.3) is 0 Å². The highest BCUT2D eigenvalue weighted by Crippen LogP contribution is 2.24. The summed E-state index contributed by atoms with van der Waals surface area (Å²) >= 11 is 0. The zero-order valence-electron chi connectivity index (χ0n) is 10.9. The monoisotopic (exact) mass is 252 g/mol. The minimum atomic E-state index is -1.15. The SMILES string of the molecule is CCOC(=P[Si](C)(C)C)c1ccccc1C. The minimum Gasteiger partial charge on any atom is -0.342 e. The molecule has 1 nitrogen and oxygen atoms in total. The molecule has 88 valence electrons. The first kappa shape index (κ1) is 13.6. The molecule has 0 spiro atoms. The molecular weight excluding hydrogens is 231 g/mol. The van der Waals surface area contributed by atoms with Crippen LogP contribution < -0.4 is 0 Å². The van der Waals surface area contributed by atoms with Crippen molar-refractivity contribution in [1.82, 2.24) is 0 Å². The smallest absolute Gasteiger partial charge is 0.105 e. The first-order valence-electron chi connectivity index (χ1n) is 5.72. The molecule has 0 aliphatic carbocycles. The summed E-state index contributed by atoms with van der Waals surface area (Å²) in [5, 5.41) is 0. The molecule has 1 rings (SSSR count). The van der Waals surface area contributed by atoms with Gasteiger partial charge < -0.3 is 4.74 Å². The highest BCUT2D eigenvalue weighted by Gasteiger charge is 2.14. The average molecular weight is 252 g/mol. The van der Waals surface area contributed by atoms with E-state index in [9.17, 15) is 0 Å². The Balaban J connectivity index is 3.13. The largest absolute Gasteiger partial charge is 0.342 e. The maximum absolute atomic E-state index is 5.82. The van der Waals surface area contributed by atoms with Gasteiger partial charge in [0, 0.05) is 5.56 Å². The van der Waals surface area contributed by atoms with E-state index in [1.807, 2.05) is 0 Å². The van der Waals surface area contributed by atoms with E-state index in [0.717, 1.165) is 12.1 Å². The van der Waals surface area contributed by atoms with Gasteiger partial charge in [-0.3, -0.25) is 0 Å². The molecule has 0 amide bonds. The Hall–Kier alpha value is -0.433. The molecule has 0 saturated carbocycles. The van der Waals surface area contributed by atoms with Crippen LogP contribution in [0.3, 0.4) is 0 Å². The Labute approximate surface area is 102 Å². The van der Waals surface area contributed by atoms with Crippen molar-refractivity contribution in [3.63, 3.8) is 0 Å². The maximum atomic E-state index is 5.82. The van der Waals surface area contributed by atoms with Gasteiger partial charge in [-0.25, -0.2) is 0 Å². The summed E-state index contributed by atoms with van der Waals surface area (Å²) in [6.45, 7) is 12.1. The van der Waals surface area contributed by atoms with Crippen LogP contribution in [0.5, 0.6) is 0 Å². The van der Waals surface area contributed by atoms with Crippen LogP contribution in [0.2, 0.25) is 19.6 Å². The van der Waals surface area contributed by atoms with E-state index in [1.165, 1.54) is 18.9 Å². The summed E-state index contributed by atoms with van der Waals surface area (Å²) in [7, 11) is 0.234. The van der Waals surface area contributed by atoms with Crippen LogP contribution in [-0.4, -0.2) is 19.8 Å². The number of aryl methyl sites for hydroxylation is 1. The molecule has 16 heavy (non-hydrogen) atoms. The standard InChI is InChI=1S/C13H21OPSi/c1-6-14-13(15-16(3,4)5)12-10-8-7-9-11(12)2/h7-10H,6H2,1-5H3. The number of benzene rings is 1. The topological polar surface area (TPSA) is 9.23 Å². The van der Waals surface area contributed by atoms with Crippen LogP contribution >= 0.6 is 7.75 Å². The fourth-order valence-corrected chi connectivity index (χ4v) is 4.98. The summed E-state index contributed by atoms with van der Waals surface area (Å²) in [6, 6.07) is 8.47.